The van der Waals surface area contributed by atoms with E-state index in [-0.39, 0.29) is 11.8 Å². The van der Waals surface area contributed by atoms with Crippen LogP contribution in [0.25, 0.3) is 0 Å². The van der Waals surface area contributed by atoms with Crippen LogP contribution in [0.1, 0.15) is 59.8 Å². The Bertz CT molecular complexity index is 216. The van der Waals surface area contributed by atoms with Crippen molar-refractivity contribution >= 4 is 5.91 Å². The zero-order chi connectivity index (χ0) is 12.8. The van der Waals surface area contributed by atoms with E-state index >= 15 is 0 Å². The van der Waals surface area contributed by atoms with E-state index in [4.69, 9.17) is 5.73 Å². The third kappa shape index (κ3) is 2.96. The maximum Gasteiger partial charge on any atom is 0.255 e. The molecule has 2 atom stereocenters. The van der Waals surface area contributed by atoms with Gasteiger partial charge in [-0.1, -0.05) is 34.1 Å². The fourth-order valence-corrected chi connectivity index (χ4v) is 2.68. The molecule has 0 aromatic heterocycles. The van der Waals surface area contributed by atoms with Crippen LogP contribution in [-0.2, 0) is 4.79 Å². The predicted octanol–water partition coefficient (Wildman–Crippen LogP) is 3.44. The summed E-state index contributed by atoms with van der Waals surface area (Å²) < 4.78 is 15.0. The quantitative estimate of drug-likeness (QED) is 0.683. The van der Waals surface area contributed by atoms with Gasteiger partial charge in [-0.25, -0.2) is 4.39 Å². The highest BCUT2D eigenvalue weighted by atomic mass is 19.1. The largest absolute Gasteiger partial charge is 0.367 e. The van der Waals surface area contributed by atoms with Crippen LogP contribution < -0.4 is 5.73 Å². The predicted molar refractivity (Wildman–Crippen MR) is 65.8 cm³/mol. The molecule has 0 saturated carbocycles. The molecule has 0 spiro atoms. The number of carbonyl (C=O) groups excluding carboxylic acids is 1. The van der Waals surface area contributed by atoms with Gasteiger partial charge in [0.1, 0.15) is 0 Å². The van der Waals surface area contributed by atoms with Gasteiger partial charge >= 0.3 is 0 Å². The molecule has 16 heavy (non-hydrogen) atoms. The molecule has 0 aliphatic rings. The van der Waals surface area contributed by atoms with Gasteiger partial charge in [0, 0.05) is 11.8 Å². The third-order valence-electron chi connectivity index (χ3n) is 3.68. The van der Waals surface area contributed by atoms with Gasteiger partial charge in [0.2, 0.25) is 0 Å². The second-order valence-electron chi connectivity index (χ2n) is 4.54. The Morgan fingerprint density at radius 1 is 1.12 bits per heavy atom. The monoisotopic (exact) mass is 231 g/mol. The van der Waals surface area contributed by atoms with Gasteiger partial charge < -0.3 is 5.73 Å². The molecule has 0 aromatic rings. The van der Waals surface area contributed by atoms with Crippen molar-refractivity contribution in [1.29, 1.82) is 0 Å². The second-order valence-corrected chi connectivity index (χ2v) is 4.54. The Morgan fingerprint density at radius 2 is 1.56 bits per heavy atom. The number of carbonyl (C=O) groups is 1. The van der Waals surface area contributed by atoms with Crippen LogP contribution in [0.5, 0.6) is 0 Å². The minimum atomic E-state index is -1.83. The molecule has 0 rings (SSSR count). The summed E-state index contributed by atoms with van der Waals surface area (Å²) >= 11 is 0. The molecule has 0 fully saturated rings. The van der Waals surface area contributed by atoms with Gasteiger partial charge in [-0.05, 0) is 25.7 Å². The minimum Gasteiger partial charge on any atom is -0.367 e. The number of nitrogens with two attached hydrogens (primary N) is 1. The summed E-state index contributed by atoms with van der Waals surface area (Å²) in [5.74, 6) is -1.26. The summed E-state index contributed by atoms with van der Waals surface area (Å²) in [5, 5.41) is 0. The first-order valence-corrected chi connectivity index (χ1v) is 6.47. The van der Waals surface area contributed by atoms with E-state index in [9.17, 15) is 9.18 Å². The van der Waals surface area contributed by atoms with Crippen LogP contribution in [-0.4, -0.2) is 11.6 Å². The van der Waals surface area contributed by atoms with Crippen molar-refractivity contribution in [1.82, 2.24) is 0 Å². The first kappa shape index (κ1) is 15.4. The second kappa shape index (κ2) is 6.87. The number of primary amides is 1. The van der Waals surface area contributed by atoms with Gasteiger partial charge in [0.15, 0.2) is 5.67 Å². The van der Waals surface area contributed by atoms with Crippen LogP contribution in [0.4, 0.5) is 4.39 Å². The van der Waals surface area contributed by atoms with Gasteiger partial charge in [0.05, 0.1) is 0 Å². The molecule has 0 saturated heterocycles. The van der Waals surface area contributed by atoms with Crippen molar-refractivity contribution in [2.75, 3.05) is 0 Å². The zero-order valence-corrected chi connectivity index (χ0v) is 11.1. The van der Waals surface area contributed by atoms with Crippen LogP contribution in [0.3, 0.4) is 0 Å². The summed E-state index contributed by atoms with van der Waals surface area (Å²) in [5.41, 5.74) is 3.49. The lowest BCUT2D eigenvalue weighted by Crippen LogP contribution is -2.51. The van der Waals surface area contributed by atoms with E-state index in [0.717, 1.165) is 12.8 Å². The van der Waals surface area contributed by atoms with Crippen LogP contribution in [0.15, 0.2) is 0 Å². The molecule has 0 aliphatic heterocycles. The Labute approximate surface area is 98.8 Å². The third-order valence-corrected chi connectivity index (χ3v) is 3.68. The SMILES string of the molecule is CCCC(CC)C(F)(C(N)=O)C(CC)CC. The van der Waals surface area contributed by atoms with Gasteiger partial charge in [-0.15, -0.1) is 0 Å². The topological polar surface area (TPSA) is 43.1 Å². The number of amides is 1. The molecule has 2 N–H and O–H groups in total. The Morgan fingerprint density at radius 3 is 1.81 bits per heavy atom. The molecular formula is C13H26FNO. The Kier molecular flexibility index (Phi) is 6.61. The number of halogens is 1. The molecule has 2 unspecified atom stereocenters. The first-order chi connectivity index (χ1) is 7.48. The van der Waals surface area contributed by atoms with E-state index in [0.29, 0.717) is 19.3 Å². The maximum atomic E-state index is 15.0. The van der Waals surface area contributed by atoms with Crippen molar-refractivity contribution in [3.8, 4) is 0 Å². The minimum absolute atomic E-state index is 0.236. The molecular weight excluding hydrogens is 205 g/mol. The summed E-state index contributed by atoms with van der Waals surface area (Å²) in [7, 11) is 0. The van der Waals surface area contributed by atoms with Crippen molar-refractivity contribution in [3.05, 3.63) is 0 Å². The lowest BCUT2D eigenvalue weighted by molar-refractivity contribution is -0.139. The van der Waals surface area contributed by atoms with Crippen LogP contribution in [0.2, 0.25) is 0 Å². The summed E-state index contributed by atoms with van der Waals surface area (Å²) in [6, 6.07) is 0. The fraction of sp³-hybridized carbons (Fsp3) is 0.923. The van der Waals surface area contributed by atoms with Crippen molar-refractivity contribution < 1.29 is 9.18 Å². The lowest BCUT2D eigenvalue weighted by Gasteiger charge is -2.36. The fourth-order valence-electron chi connectivity index (χ4n) is 2.68. The van der Waals surface area contributed by atoms with Crippen LogP contribution >= 0.6 is 0 Å². The van der Waals surface area contributed by atoms with Crippen molar-refractivity contribution in [3.63, 3.8) is 0 Å². The lowest BCUT2D eigenvalue weighted by atomic mass is 9.72. The Hall–Kier alpha value is -0.600. The zero-order valence-electron chi connectivity index (χ0n) is 11.1. The van der Waals surface area contributed by atoms with E-state index in [1.807, 2.05) is 27.7 Å². The van der Waals surface area contributed by atoms with E-state index in [1.165, 1.54) is 0 Å². The smallest absolute Gasteiger partial charge is 0.255 e. The maximum absolute atomic E-state index is 15.0. The van der Waals surface area contributed by atoms with Gasteiger partial charge in [-0.2, -0.15) is 0 Å². The standard InChI is InChI=1S/C13H26FNO/c1-5-9-11(8-4)13(14,12(15)16)10(6-2)7-3/h10-11H,5-9H2,1-4H3,(H2,15,16). The molecule has 0 bridgehead atoms. The highest BCUT2D eigenvalue weighted by molar-refractivity contribution is 5.84. The van der Waals surface area contributed by atoms with E-state index < -0.39 is 11.6 Å². The summed E-state index contributed by atoms with van der Waals surface area (Å²) in [6.45, 7) is 7.78. The van der Waals surface area contributed by atoms with Crippen LogP contribution in [0, 0.1) is 11.8 Å². The number of hydrogen-bond acceptors (Lipinski definition) is 1. The van der Waals surface area contributed by atoms with Crippen molar-refractivity contribution in [2.45, 2.75) is 65.5 Å². The summed E-state index contributed by atoms with van der Waals surface area (Å²) in [4.78, 5) is 11.5. The molecule has 0 aromatic carbocycles. The van der Waals surface area contributed by atoms with Crippen molar-refractivity contribution in [2.24, 2.45) is 17.6 Å². The first-order valence-electron chi connectivity index (χ1n) is 6.47. The van der Waals surface area contributed by atoms with Gasteiger partial charge in [-0.3, -0.25) is 4.79 Å². The number of alkyl halides is 1. The summed E-state index contributed by atoms with van der Waals surface area (Å²) in [6.07, 6.45) is 3.61. The van der Waals surface area contributed by atoms with Gasteiger partial charge in [0.25, 0.3) is 5.91 Å². The highest BCUT2D eigenvalue weighted by Gasteiger charge is 2.48. The molecule has 96 valence electrons. The number of hydrogen-bond donors (Lipinski definition) is 1. The molecule has 0 radical (unpaired) electrons. The molecule has 3 heteroatoms. The molecule has 2 nitrogen and oxygen atoms in total. The van der Waals surface area contributed by atoms with E-state index in [2.05, 4.69) is 0 Å². The Balaban J connectivity index is 5.12. The molecule has 1 amide bonds. The molecule has 0 heterocycles. The average Bonchev–Trinajstić information content (AvgIpc) is 2.26. The van der Waals surface area contributed by atoms with E-state index in [1.54, 1.807) is 0 Å². The highest BCUT2D eigenvalue weighted by Crippen LogP contribution is 2.39. The number of rotatable bonds is 8. The molecule has 0 aliphatic carbocycles. The normalized spacial score (nSPS) is 17.1. The average molecular weight is 231 g/mol.